The number of aryl methyl sites for hydroxylation is 1. The number of hydrogen-bond donors (Lipinski definition) is 2. The summed E-state index contributed by atoms with van der Waals surface area (Å²) >= 11 is 3.02. The summed E-state index contributed by atoms with van der Waals surface area (Å²) in [4.78, 5) is 1.67. The predicted molar refractivity (Wildman–Crippen MR) is 87.0 cm³/mol. The molecule has 0 bridgehead atoms. The molecule has 7 heteroatoms. The Balaban J connectivity index is 2.92. The van der Waals surface area contributed by atoms with Crippen molar-refractivity contribution in [1.29, 1.82) is 0 Å². The second-order valence-electron chi connectivity index (χ2n) is 4.71. The molecule has 0 unspecified atom stereocenters. The fourth-order valence-corrected chi connectivity index (χ4v) is 5.54. The zero-order valence-electron chi connectivity index (χ0n) is 12.4. The van der Waals surface area contributed by atoms with Gasteiger partial charge in [-0.1, -0.05) is 13.8 Å². The van der Waals surface area contributed by atoms with Gasteiger partial charge in [0.25, 0.3) is 0 Å². The van der Waals surface area contributed by atoms with Crippen LogP contribution in [0.25, 0.3) is 0 Å². The zero-order valence-corrected chi connectivity index (χ0v) is 14.8. The van der Waals surface area contributed by atoms with E-state index < -0.39 is 10.0 Å². The molecule has 4 nitrogen and oxygen atoms in total. The number of sulfonamides is 1. The van der Waals surface area contributed by atoms with E-state index in [1.54, 1.807) is 24.8 Å². The second-order valence-corrected chi connectivity index (χ2v) is 9.06. The van der Waals surface area contributed by atoms with E-state index in [0.717, 1.165) is 12.8 Å². The fraction of sp³-hybridized carbons (Fsp3) is 0.692. The topological polar surface area (TPSA) is 66.4 Å². The van der Waals surface area contributed by atoms with Gasteiger partial charge in [0.2, 0.25) is 10.0 Å². The van der Waals surface area contributed by atoms with Crippen molar-refractivity contribution in [3.63, 3.8) is 0 Å². The summed E-state index contributed by atoms with van der Waals surface area (Å²) in [5, 5.41) is 9.11. The summed E-state index contributed by atoms with van der Waals surface area (Å²) in [5.74, 6) is 0. The quantitative estimate of drug-likeness (QED) is 0.765. The summed E-state index contributed by atoms with van der Waals surface area (Å²) in [6.45, 7) is 6.22. The highest BCUT2D eigenvalue weighted by atomic mass is 32.2. The van der Waals surface area contributed by atoms with E-state index in [4.69, 9.17) is 5.11 Å². The number of rotatable bonds is 8. The smallest absolute Gasteiger partial charge is 0.241 e. The van der Waals surface area contributed by atoms with Crippen molar-refractivity contribution in [2.75, 3.05) is 12.8 Å². The van der Waals surface area contributed by atoms with Crippen molar-refractivity contribution < 1.29 is 13.5 Å². The number of aliphatic hydroxyl groups excluding tert-OH is 1. The van der Waals surface area contributed by atoms with Gasteiger partial charge in [0.05, 0.1) is 11.5 Å². The van der Waals surface area contributed by atoms with E-state index in [-0.39, 0.29) is 16.2 Å². The Morgan fingerprint density at radius 2 is 2.00 bits per heavy atom. The van der Waals surface area contributed by atoms with E-state index in [0.29, 0.717) is 16.3 Å². The summed E-state index contributed by atoms with van der Waals surface area (Å²) in [6.07, 6.45) is 3.84. The lowest BCUT2D eigenvalue weighted by Crippen LogP contribution is -2.39. The monoisotopic (exact) mass is 337 g/mol. The van der Waals surface area contributed by atoms with Gasteiger partial charge in [-0.25, -0.2) is 13.1 Å². The van der Waals surface area contributed by atoms with Crippen molar-refractivity contribution >= 4 is 33.1 Å². The molecular weight excluding hydrogens is 314 g/mol. The predicted octanol–water partition coefficient (Wildman–Crippen LogP) is 2.75. The third-order valence-corrected chi connectivity index (χ3v) is 7.95. The number of nitrogens with one attached hydrogen (secondary N) is 1. The van der Waals surface area contributed by atoms with Crippen LogP contribution >= 0.6 is 23.1 Å². The van der Waals surface area contributed by atoms with Crippen LogP contribution in [0.1, 0.15) is 36.4 Å². The standard InChI is InChI=1S/C13H23NO3S3/c1-5-13(6-2,18-4)9-14-20(16,17)12-7-11(8-15)19-10(12)3/h7,14-15H,5-6,8-9H2,1-4H3. The summed E-state index contributed by atoms with van der Waals surface area (Å²) in [5.41, 5.74) is 0. The van der Waals surface area contributed by atoms with Crippen LogP contribution in [0.3, 0.4) is 0 Å². The second kappa shape index (κ2) is 7.26. The molecule has 0 spiro atoms. The lowest BCUT2D eigenvalue weighted by atomic mass is 10.0. The van der Waals surface area contributed by atoms with Gasteiger partial charge in [-0.15, -0.1) is 11.3 Å². The third-order valence-electron chi connectivity index (χ3n) is 3.67. The lowest BCUT2D eigenvalue weighted by molar-refractivity contribution is 0.285. The zero-order chi connectivity index (χ0) is 15.4. The molecule has 0 aliphatic carbocycles. The Morgan fingerprint density at radius 3 is 2.40 bits per heavy atom. The van der Waals surface area contributed by atoms with Gasteiger partial charge in [0, 0.05) is 21.0 Å². The van der Waals surface area contributed by atoms with Gasteiger partial charge >= 0.3 is 0 Å². The highest BCUT2D eigenvalue weighted by molar-refractivity contribution is 8.00. The molecular formula is C13H23NO3S3. The van der Waals surface area contributed by atoms with Crippen LogP contribution in [-0.2, 0) is 16.6 Å². The van der Waals surface area contributed by atoms with E-state index in [1.165, 1.54) is 11.3 Å². The maximum absolute atomic E-state index is 12.4. The molecule has 2 N–H and O–H groups in total. The fourth-order valence-electron chi connectivity index (χ4n) is 2.03. The van der Waals surface area contributed by atoms with E-state index in [9.17, 15) is 8.42 Å². The summed E-state index contributed by atoms with van der Waals surface area (Å²) in [7, 11) is -3.51. The van der Waals surface area contributed by atoms with Gasteiger partial charge in [-0.2, -0.15) is 11.8 Å². The Labute approximate surface area is 130 Å². The number of thioether (sulfide) groups is 1. The highest BCUT2D eigenvalue weighted by Crippen LogP contribution is 2.31. The minimum absolute atomic E-state index is 0.0587. The largest absolute Gasteiger partial charge is 0.391 e. The summed E-state index contributed by atoms with van der Waals surface area (Å²) in [6, 6.07) is 1.56. The Bertz CT molecular complexity index is 525. The molecule has 1 aromatic heterocycles. The van der Waals surface area contributed by atoms with Gasteiger partial charge in [-0.3, -0.25) is 0 Å². The highest BCUT2D eigenvalue weighted by Gasteiger charge is 2.28. The minimum atomic E-state index is -3.51. The average molecular weight is 338 g/mol. The number of hydrogen-bond acceptors (Lipinski definition) is 5. The molecule has 0 aromatic carbocycles. The molecule has 0 radical (unpaired) electrons. The minimum Gasteiger partial charge on any atom is -0.391 e. The average Bonchev–Trinajstić information content (AvgIpc) is 2.83. The van der Waals surface area contributed by atoms with Crippen molar-refractivity contribution in [3.05, 3.63) is 15.8 Å². The first-order valence-corrected chi connectivity index (χ1v) is 10.1. The van der Waals surface area contributed by atoms with Crippen LogP contribution < -0.4 is 4.72 Å². The van der Waals surface area contributed by atoms with E-state index >= 15 is 0 Å². The van der Waals surface area contributed by atoms with Crippen LogP contribution in [-0.4, -0.2) is 31.1 Å². The molecule has 0 amide bonds. The maximum atomic E-state index is 12.4. The summed E-state index contributed by atoms with van der Waals surface area (Å²) < 4.78 is 27.4. The molecule has 0 fully saturated rings. The van der Waals surface area contributed by atoms with Crippen LogP contribution in [0.5, 0.6) is 0 Å². The molecule has 1 rings (SSSR count). The first-order chi connectivity index (χ1) is 9.34. The maximum Gasteiger partial charge on any atom is 0.241 e. The van der Waals surface area contributed by atoms with Crippen LogP contribution in [0.15, 0.2) is 11.0 Å². The molecule has 0 aliphatic rings. The molecule has 0 saturated carbocycles. The Kier molecular flexibility index (Phi) is 6.53. The molecule has 20 heavy (non-hydrogen) atoms. The van der Waals surface area contributed by atoms with Crippen molar-refractivity contribution in [1.82, 2.24) is 4.72 Å². The van der Waals surface area contributed by atoms with Crippen molar-refractivity contribution in [2.24, 2.45) is 0 Å². The number of thiophene rings is 1. The van der Waals surface area contributed by atoms with E-state index in [1.807, 2.05) is 6.26 Å². The molecule has 1 aromatic rings. The van der Waals surface area contributed by atoms with E-state index in [2.05, 4.69) is 18.6 Å². The van der Waals surface area contributed by atoms with Crippen molar-refractivity contribution in [2.45, 2.75) is 49.9 Å². The lowest BCUT2D eigenvalue weighted by Gasteiger charge is -2.29. The third kappa shape index (κ3) is 3.98. The number of aliphatic hydroxyl groups is 1. The van der Waals surface area contributed by atoms with Gasteiger partial charge in [0.1, 0.15) is 0 Å². The van der Waals surface area contributed by atoms with Crippen LogP contribution in [0, 0.1) is 6.92 Å². The SMILES string of the molecule is CCC(CC)(CNS(=O)(=O)c1cc(CO)sc1C)SC. The first-order valence-electron chi connectivity index (χ1n) is 6.59. The Hall–Kier alpha value is -0.0800. The molecule has 1 heterocycles. The van der Waals surface area contributed by atoms with Gasteiger partial charge in [0.15, 0.2) is 0 Å². The molecule has 0 atom stereocenters. The first kappa shape index (κ1) is 18.0. The molecule has 0 saturated heterocycles. The van der Waals surface area contributed by atoms with Crippen LogP contribution in [0.4, 0.5) is 0 Å². The molecule has 116 valence electrons. The van der Waals surface area contributed by atoms with Gasteiger partial charge < -0.3 is 5.11 Å². The van der Waals surface area contributed by atoms with Crippen molar-refractivity contribution in [3.8, 4) is 0 Å². The Morgan fingerprint density at radius 1 is 1.40 bits per heavy atom. The van der Waals surface area contributed by atoms with Gasteiger partial charge in [-0.05, 0) is 32.1 Å². The normalized spacial score (nSPS) is 12.8. The van der Waals surface area contributed by atoms with Crippen LogP contribution in [0.2, 0.25) is 0 Å². The molecule has 0 aliphatic heterocycles.